The van der Waals surface area contributed by atoms with Gasteiger partial charge in [-0.3, -0.25) is 0 Å². The Kier molecular flexibility index (Phi) is 3.99. The highest BCUT2D eigenvalue weighted by Crippen LogP contribution is 2.33. The van der Waals surface area contributed by atoms with Crippen molar-refractivity contribution < 1.29 is 22.3 Å². The van der Waals surface area contributed by atoms with Gasteiger partial charge in [0.25, 0.3) is 0 Å². The fraction of sp³-hybridized carbons (Fsp3) is 0.538. The highest BCUT2D eigenvalue weighted by Gasteiger charge is 2.32. The van der Waals surface area contributed by atoms with Crippen LogP contribution in [0.25, 0.3) is 0 Å². The quantitative estimate of drug-likeness (QED) is 0.845. The molecule has 0 heterocycles. The second kappa shape index (κ2) is 5.36. The average molecular weight is 277 g/mol. The Morgan fingerprint density at radius 1 is 1.32 bits per heavy atom. The minimum atomic E-state index is -4.52. The third-order valence-electron chi connectivity index (χ3n) is 3.15. The Labute approximate surface area is 108 Å². The zero-order chi connectivity index (χ0) is 14.0. The molecule has 0 amide bonds. The molecule has 0 spiro atoms. The maximum absolute atomic E-state index is 13.6. The van der Waals surface area contributed by atoms with Crippen molar-refractivity contribution in [3.05, 3.63) is 29.6 Å². The van der Waals surface area contributed by atoms with E-state index < -0.39 is 17.6 Å². The van der Waals surface area contributed by atoms with Gasteiger partial charge in [0.15, 0.2) is 0 Å². The summed E-state index contributed by atoms with van der Waals surface area (Å²) in [6, 6.07) is 2.58. The van der Waals surface area contributed by atoms with E-state index in [9.17, 15) is 17.6 Å². The van der Waals surface area contributed by atoms with Gasteiger partial charge in [0.2, 0.25) is 0 Å². The van der Waals surface area contributed by atoms with Crippen molar-refractivity contribution in [3.8, 4) is 0 Å². The minimum Gasteiger partial charge on any atom is -0.380 e. The van der Waals surface area contributed by atoms with E-state index in [1.165, 1.54) is 0 Å². The first-order chi connectivity index (χ1) is 8.90. The zero-order valence-corrected chi connectivity index (χ0v) is 10.4. The molecule has 0 bridgehead atoms. The summed E-state index contributed by atoms with van der Waals surface area (Å²) in [6.45, 7) is 2.53. The maximum Gasteiger partial charge on any atom is 0.416 e. The molecule has 1 fully saturated rings. The molecule has 1 N–H and O–H groups in total. The lowest BCUT2D eigenvalue weighted by Crippen LogP contribution is -2.41. The van der Waals surface area contributed by atoms with E-state index >= 15 is 0 Å². The van der Waals surface area contributed by atoms with Crippen LogP contribution in [-0.2, 0) is 10.9 Å². The first kappa shape index (κ1) is 14.1. The predicted octanol–water partition coefficient (Wildman–Crippen LogP) is 3.82. The monoisotopic (exact) mass is 277 g/mol. The Bertz CT molecular complexity index is 441. The number of rotatable bonds is 4. The lowest BCUT2D eigenvalue weighted by molar-refractivity contribution is -0.137. The topological polar surface area (TPSA) is 21.3 Å². The SMILES string of the molecule is CCOC1CC(Nc2ccc(C(F)(F)F)cc2F)C1. The van der Waals surface area contributed by atoms with E-state index in [-0.39, 0.29) is 17.8 Å². The van der Waals surface area contributed by atoms with E-state index in [2.05, 4.69) is 5.32 Å². The number of ether oxygens (including phenoxy) is 1. The number of benzene rings is 1. The third-order valence-corrected chi connectivity index (χ3v) is 3.15. The Balaban J connectivity index is 1.96. The molecule has 106 valence electrons. The van der Waals surface area contributed by atoms with Crippen molar-refractivity contribution in [2.45, 2.75) is 38.1 Å². The number of hydrogen-bond acceptors (Lipinski definition) is 2. The summed E-state index contributed by atoms with van der Waals surface area (Å²) in [5.74, 6) is -0.880. The molecule has 0 atom stereocenters. The number of nitrogens with one attached hydrogen (secondary N) is 1. The van der Waals surface area contributed by atoms with Gasteiger partial charge in [0.1, 0.15) is 5.82 Å². The van der Waals surface area contributed by atoms with E-state index in [4.69, 9.17) is 4.74 Å². The van der Waals surface area contributed by atoms with E-state index in [0.717, 1.165) is 25.0 Å². The largest absolute Gasteiger partial charge is 0.416 e. The molecule has 0 radical (unpaired) electrons. The van der Waals surface area contributed by atoms with Crippen LogP contribution in [0, 0.1) is 5.82 Å². The van der Waals surface area contributed by atoms with Crippen molar-refractivity contribution >= 4 is 5.69 Å². The van der Waals surface area contributed by atoms with Crippen LogP contribution in [0.5, 0.6) is 0 Å². The van der Waals surface area contributed by atoms with Crippen molar-refractivity contribution in [2.75, 3.05) is 11.9 Å². The summed E-state index contributed by atoms with van der Waals surface area (Å²) in [6.07, 6.45) is -2.86. The Morgan fingerprint density at radius 3 is 2.53 bits per heavy atom. The number of hydrogen-bond donors (Lipinski definition) is 1. The highest BCUT2D eigenvalue weighted by molar-refractivity contribution is 5.48. The van der Waals surface area contributed by atoms with Crippen LogP contribution in [0.3, 0.4) is 0 Å². The molecule has 0 unspecified atom stereocenters. The standard InChI is InChI=1S/C13H15F4NO/c1-2-19-10-6-9(7-10)18-12-4-3-8(5-11(12)14)13(15,16)17/h3-5,9-10,18H,2,6-7H2,1H3. The van der Waals surface area contributed by atoms with Crippen LogP contribution in [0.2, 0.25) is 0 Å². The van der Waals surface area contributed by atoms with Gasteiger partial charge in [-0.15, -0.1) is 0 Å². The fourth-order valence-corrected chi connectivity index (χ4v) is 2.08. The van der Waals surface area contributed by atoms with Crippen LogP contribution in [-0.4, -0.2) is 18.8 Å². The number of alkyl halides is 3. The molecule has 6 heteroatoms. The summed E-state index contributed by atoms with van der Waals surface area (Å²) in [5, 5.41) is 2.89. The smallest absolute Gasteiger partial charge is 0.380 e. The van der Waals surface area contributed by atoms with Gasteiger partial charge in [-0.25, -0.2) is 4.39 Å². The van der Waals surface area contributed by atoms with Crippen molar-refractivity contribution in [3.63, 3.8) is 0 Å². The lowest BCUT2D eigenvalue weighted by atomic mass is 9.89. The molecule has 2 nitrogen and oxygen atoms in total. The number of anilines is 1. The molecule has 0 aliphatic heterocycles. The molecule has 1 aromatic rings. The van der Waals surface area contributed by atoms with Gasteiger partial charge in [0.05, 0.1) is 17.4 Å². The van der Waals surface area contributed by atoms with Gasteiger partial charge in [-0.1, -0.05) is 0 Å². The zero-order valence-electron chi connectivity index (χ0n) is 10.4. The third kappa shape index (κ3) is 3.37. The predicted molar refractivity (Wildman–Crippen MR) is 63.5 cm³/mol. The maximum atomic E-state index is 13.6. The highest BCUT2D eigenvalue weighted by atomic mass is 19.4. The molecule has 1 aliphatic rings. The molecule has 1 saturated carbocycles. The van der Waals surface area contributed by atoms with Crippen LogP contribution in [0.1, 0.15) is 25.3 Å². The second-order valence-corrected chi connectivity index (χ2v) is 4.58. The summed E-state index contributed by atoms with van der Waals surface area (Å²) in [5.41, 5.74) is -0.871. The normalized spacial score (nSPS) is 23.0. The van der Waals surface area contributed by atoms with Gasteiger partial charge in [0, 0.05) is 12.6 Å². The average Bonchev–Trinajstić information content (AvgIpc) is 2.27. The first-order valence-electron chi connectivity index (χ1n) is 6.15. The molecule has 19 heavy (non-hydrogen) atoms. The Hall–Kier alpha value is -1.30. The molecule has 1 aliphatic carbocycles. The molecule has 0 saturated heterocycles. The van der Waals surface area contributed by atoms with Crippen LogP contribution in [0.4, 0.5) is 23.2 Å². The molecular formula is C13H15F4NO. The van der Waals surface area contributed by atoms with E-state index in [0.29, 0.717) is 12.7 Å². The van der Waals surface area contributed by atoms with Crippen molar-refractivity contribution in [1.29, 1.82) is 0 Å². The summed E-state index contributed by atoms with van der Waals surface area (Å²) >= 11 is 0. The lowest BCUT2D eigenvalue weighted by Gasteiger charge is -2.36. The van der Waals surface area contributed by atoms with Crippen LogP contribution < -0.4 is 5.32 Å². The summed E-state index contributed by atoms with van der Waals surface area (Å²) < 4.78 is 56.0. The van der Waals surface area contributed by atoms with Crippen LogP contribution in [0.15, 0.2) is 18.2 Å². The van der Waals surface area contributed by atoms with Crippen molar-refractivity contribution in [2.24, 2.45) is 0 Å². The van der Waals surface area contributed by atoms with Crippen molar-refractivity contribution in [1.82, 2.24) is 0 Å². The molecule has 0 aromatic heterocycles. The minimum absolute atomic E-state index is 0.0581. The molecule has 2 rings (SSSR count). The number of halogens is 4. The van der Waals surface area contributed by atoms with Gasteiger partial charge >= 0.3 is 6.18 Å². The van der Waals surface area contributed by atoms with Crippen LogP contribution >= 0.6 is 0 Å². The Morgan fingerprint density at radius 2 is 2.00 bits per heavy atom. The van der Waals surface area contributed by atoms with Gasteiger partial charge in [-0.2, -0.15) is 13.2 Å². The van der Waals surface area contributed by atoms with Gasteiger partial charge in [-0.05, 0) is 38.0 Å². The fourth-order valence-electron chi connectivity index (χ4n) is 2.08. The van der Waals surface area contributed by atoms with E-state index in [1.807, 2.05) is 6.92 Å². The first-order valence-corrected chi connectivity index (χ1v) is 6.15. The molecule has 1 aromatic carbocycles. The molecular weight excluding hydrogens is 262 g/mol. The van der Waals surface area contributed by atoms with Gasteiger partial charge < -0.3 is 10.1 Å². The van der Waals surface area contributed by atoms with E-state index in [1.54, 1.807) is 0 Å². The summed E-state index contributed by atoms with van der Waals surface area (Å²) in [7, 11) is 0. The summed E-state index contributed by atoms with van der Waals surface area (Å²) in [4.78, 5) is 0. The second-order valence-electron chi connectivity index (χ2n) is 4.58.